The normalized spacial score (nSPS) is 9.41. The summed E-state index contributed by atoms with van der Waals surface area (Å²) in [5.74, 6) is -0.0331. The van der Waals surface area contributed by atoms with Gasteiger partial charge >= 0.3 is 5.97 Å². The molecular formula is C13H14N2O2. The van der Waals surface area contributed by atoms with Crippen LogP contribution in [0.2, 0.25) is 0 Å². The summed E-state index contributed by atoms with van der Waals surface area (Å²) in [5, 5.41) is 0. The highest BCUT2D eigenvalue weighted by molar-refractivity contribution is 5.90. The molecule has 4 nitrogen and oxygen atoms in total. The van der Waals surface area contributed by atoms with Crippen molar-refractivity contribution in [1.82, 2.24) is 9.55 Å². The van der Waals surface area contributed by atoms with Crippen LogP contribution in [0.25, 0.3) is 11.0 Å². The first-order valence-electron chi connectivity index (χ1n) is 5.16. The second-order valence-corrected chi connectivity index (χ2v) is 3.20. The largest absolute Gasteiger partial charge is 0.460 e. The molecule has 0 saturated heterocycles. The van der Waals surface area contributed by atoms with Crippen molar-refractivity contribution in [3.05, 3.63) is 30.1 Å². The minimum Gasteiger partial charge on any atom is -0.460 e. The lowest BCUT2D eigenvalue weighted by molar-refractivity contribution is 0.0508. The van der Waals surface area contributed by atoms with Crippen molar-refractivity contribution in [3.63, 3.8) is 0 Å². The second kappa shape index (κ2) is 5.71. The maximum atomic E-state index is 11.5. The van der Waals surface area contributed by atoms with Crippen LogP contribution in [-0.2, 0) is 11.8 Å². The molecule has 17 heavy (non-hydrogen) atoms. The molecule has 4 heteroatoms. The van der Waals surface area contributed by atoms with Gasteiger partial charge in [0, 0.05) is 7.05 Å². The van der Waals surface area contributed by atoms with Crippen molar-refractivity contribution in [2.75, 3.05) is 6.61 Å². The highest BCUT2D eigenvalue weighted by atomic mass is 16.5. The number of para-hydroxylation sites is 2. The minimum absolute atomic E-state index is 0.345. The molecule has 0 aliphatic carbocycles. The summed E-state index contributed by atoms with van der Waals surface area (Å²) in [6, 6.07) is 7.60. The van der Waals surface area contributed by atoms with E-state index in [0.717, 1.165) is 11.0 Å². The molecule has 1 aromatic carbocycles. The molecule has 0 aliphatic heterocycles. The van der Waals surface area contributed by atoms with Gasteiger partial charge in [0.25, 0.3) is 0 Å². The van der Waals surface area contributed by atoms with E-state index in [1.807, 2.05) is 31.3 Å². The van der Waals surface area contributed by atoms with E-state index >= 15 is 0 Å². The summed E-state index contributed by atoms with van der Waals surface area (Å²) in [6.07, 6.45) is 8.00. The number of terminal acetylenes is 1. The van der Waals surface area contributed by atoms with Crippen LogP contribution in [0.15, 0.2) is 24.3 Å². The van der Waals surface area contributed by atoms with Gasteiger partial charge in [0.2, 0.25) is 5.82 Å². The third-order valence-electron chi connectivity index (χ3n) is 2.25. The number of carbonyl (C=O) groups excluding carboxylic acids is 1. The Labute approximate surface area is 100 Å². The van der Waals surface area contributed by atoms with E-state index in [-0.39, 0.29) is 5.97 Å². The average Bonchev–Trinajstić information content (AvgIpc) is 2.70. The third-order valence-corrected chi connectivity index (χ3v) is 2.25. The first-order chi connectivity index (χ1) is 8.24. The Bertz CT molecular complexity index is 541. The standard InChI is InChI=1S/C11H12N2O2.C2H2/c1-3-15-11(14)10-12-8-6-4-5-7-9(8)13(10)2;1-2/h4-7H,3H2,1-2H3;1-2H. The topological polar surface area (TPSA) is 44.1 Å². The van der Waals surface area contributed by atoms with Gasteiger partial charge in [-0.2, -0.15) is 0 Å². The quantitative estimate of drug-likeness (QED) is 0.585. The number of benzene rings is 1. The average molecular weight is 230 g/mol. The number of aryl methyl sites for hydroxylation is 1. The van der Waals surface area contributed by atoms with E-state index in [1.54, 1.807) is 11.5 Å². The molecule has 1 aromatic heterocycles. The Hall–Kier alpha value is -2.28. The minimum atomic E-state index is -0.379. The van der Waals surface area contributed by atoms with Gasteiger partial charge in [0.15, 0.2) is 0 Å². The van der Waals surface area contributed by atoms with Crippen LogP contribution < -0.4 is 0 Å². The molecule has 0 unspecified atom stereocenters. The number of aromatic nitrogens is 2. The van der Waals surface area contributed by atoms with Crippen LogP contribution in [0.3, 0.4) is 0 Å². The van der Waals surface area contributed by atoms with E-state index < -0.39 is 0 Å². The van der Waals surface area contributed by atoms with Gasteiger partial charge in [-0.3, -0.25) is 0 Å². The lowest BCUT2D eigenvalue weighted by atomic mass is 10.3. The fraction of sp³-hybridized carbons (Fsp3) is 0.231. The summed E-state index contributed by atoms with van der Waals surface area (Å²) in [6.45, 7) is 2.14. The number of imidazole rings is 1. The molecule has 0 radical (unpaired) electrons. The van der Waals surface area contributed by atoms with E-state index in [0.29, 0.717) is 12.4 Å². The smallest absolute Gasteiger partial charge is 0.374 e. The number of nitrogens with zero attached hydrogens (tertiary/aromatic N) is 2. The SMILES string of the molecule is C#C.CCOC(=O)c1nc2ccccc2n1C. The van der Waals surface area contributed by atoms with Gasteiger partial charge in [-0.15, -0.1) is 12.8 Å². The molecule has 2 rings (SSSR count). The predicted octanol–water partition coefficient (Wildman–Crippen LogP) is 2.00. The van der Waals surface area contributed by atoms with Crippen molar-refractivity contribution >= 4 is 17.0 Å². The molecule has 0 N–H and O–H groups in total. The zero-order valence-corrected chi connectivity index (χ0v) is 9.88. The van der Waals surface area contributed by atoms with Gasteiger partial charge in [0.05, 0.1) is 17.6 Å². The number of esters is 1. The van der Waals surface area contributed by atoms with Crippen LogP contribution in [0.4, 0.5) is 0 Å². The first kappa shape index (κ1) is 12.8. The number of carbonyl (C=O) groups is 1. The summed E-state index contributed by atoms with van der Waals surface area (Å²) >= 11 is 0. The molecule has 0 atom stereocenters. The van der Waals surface area contributed by atoms with Gasteiger partial charge in [-0.05, 0) is 19.1 Å². The van der Waals surface area contributed by atoms with Gasteiger partial charge in [-0.25, -0.2) is 9.78 Å². The zero-order valence-electron chi connectivity index (χ0n) is 9.88. The molecule has 0 amide bonds. The molecule has 0 fully saturated rings. The molecule has 0 spiro atoms. The third kappa shape index (κ3) is 2.45. The summed E-state index contributed by atoms with van der Waals surface area (Å²) in [7, 11) is 1.81. The van der Waals surface area contributed by atoms with Crippen molar-refractivity contribution < 1.29 is 9.53 Å². The maximum absolute atomic E-state index is 11.5. The van der Waals surface area contributed by atoms with Crippen molar-refractivity contribution in [1.29, 1.82) is 0 Å². The highest BCUT2D eigenvalue weighted by Crippen LogP contribution is 2.14. The molecule has 2 aromatic rings. The first-order valence-corrected chi connectivity index (χ1v) is 5.16. The van der Waals surface area contributed by atoms with E-state index in [4.69, 9.17) is 4.74 Å². The lowest BCUT2D eigenvalue weighted by Crippen LogP contribution is -2.11. The summed E-state index contributed by atoms with van der Waals surface area (Å²) in [4.78, 5) is 15.7. The Morgan fingerprint density at radius 1 is 1.41 bits per heavy atom. The summed E-state index contributed by atoms with van der Waals surface area (Å²) in [5.41, 5.74) is 1.74. The monoisotopic (exact) mass is 230 g/mol. The lowest BCUT2D eigenvalue weighted by Gasteiger charge is -2.01. The van der Waals surface area contributed by atoms with Gasteiger partial charge in [0.1, 0.15) is 0 Å². The number of ether oxygens (including phenoxy) is 1. The van der Waals surface area contributed by atoms with Crippen LogP contribution in [0, 0.1) is 12.8 Å². The number of hydrogen-bond acceptors (Lipinski definition) is 3. The van der Waals surface area contributed by atoms with Gasteiger partial charge in [-0.1, -0.05) is 12.1 Å². The van der Waals surface area contributed by atoms with E-state index in [2.05, 4.69) is 17.8 Å². The van der Waals surface area contributed by atoms with E-state index in [9.17, 15) is 4.79 Å². The molecule has 0 aliphatic rings. The number of hydrogen-bond donors (Lipinski definition) is 0. The predicted molar refractivity (Wildman–Crippen MR) is 66.6 cm³/mol. The fourth-order valence-corrected chi connectivity index (χ4v) is 1.52. The number of fused-ring (bicyclic) bond motifs is 1. The fourth-order valence-electron chi connectivity index (χ4n) is 1.52. The molecule has 0 bridgehead atoms. The Morgan fingerprint density at radius 2 is 2.06 bits per heavy atom. The Morgan fingerprint density at radius 3 is 2.65 bits per heavy atom. The van der Waals surface area contributed by atoms with Crippen LogP contribution in [0.5, 0.6) is 0 Å². The van der Waals surface area contributed by atoms with Crippen molar-refractivity contribution in [2.45, 2.75) is 6.92 Å². The van der Waals surface area contributed by atoms with Gasteiger partial charge < -0.3 is 9.30 Å². The van der Waals surface area contributed by atoms with Crippen molar-refractivity contribution in [2.24, 2.45) is 7.05 Å². The van der Waals surface area contributed by atoms with Crippen LogP contribution in [-0.4, -0.2) is 22.1 Å². The van der Waals surface area contributed by atoms with Crippen molar-refractivity contribution in [3.8, 4) is 12.8 Å². The zero-order chi connectivity index (χ0) is 12.8. The summed E-state index contributed by atoms with van der Waals surface area (Å²) < 4.78 is 6.66. The second-order valence-electron chi connectivity index (χ2n) is 3.20. The number of rotatable bonds is 2. The maximum Gasteiger partial charge on any atom is 0.374 e. The van der Waals surface area contributed by atoms with Crippen LogP contribution >= 0.6 is 0 Å². The van der Waals surface area contributed by atoms with E-state index in [1.165, 1.54) is 0 Å². The van der Waals surface area contributed by atoms with Crippen LogP contribution in [0.1, 0.15) is 17.5 Å². The molecule has 88 valence electrons. The molecular weight excluding hydrogens is 216 g/mol. The molecule has 1 heterocycles. The molecule has 0 saturated carbocycles. The highest BCUT2D eigenvalue weighted by Gasteiger charge is 2.15. The Kier molecular flexibility index (Phi) is 4.29. The Balaban J connectivity index is 0.000000686.